The van der Waals surface area contributed by atoms with Crippen molar-refractivity contribution in [2.75, 3.05) is 13.1 Å². The highest BCUT2D eigenvalue weighted by Crippen LogP contribution is 2.26. The van der Waals surface area contributed by atoms with Crippen LogP contribution in [0.2, 0.25) is 0 Å². The topological polar surface area (TPSA) is 33.2 Å². The van der Waals surface area contributed by atoms with Gasteiger partial charge in [-0.1, -0.05) is 6.07 Å². The van der Waals surface area contributed by atoms with Crippen LogP contribution in [0, 0.1) is 0 Å². The zero-order chi connectivity index (χ0) is 9.97. The summed E-state index contributed by atoms with van der Waals surface area (Å²) in [6.45, 7) is 3.36. The molecule has 1 aliphatic heterocycles. The summed E-state index contributed by atoms with van der Waals surface area (Å²) >= 11 is 0. The molecule has 0 aromatic carbocycles. The summed E-state index contributed by atoms with van der Waals surface area (Å²) < 4.78 is 0. The van der Waals surface area contributed by atoms with E-state index in [1.165, 1.54) is 5.56 Å². The zero-order valence-corrected chi connectivity index (χ0v) is 8.31. The molecule has 0 bridgehead atoms. The third-order valence-corrected chi connectivity index (χ3v) is 2.79. The number of carbonyl (C=O) groups is 1. The molecule has 1 atom stereocenters. The number of hydrogen-bond acceptors (Lipinski definition) is 2. The maximum atomic E-state index is 11.1. The Kier molecular flexibility index (Phi) is 2.48. The minimum atomic E-state index is 0.177. The van der Waals surface area contributed by atoms with Crippen LogP contribution in [0.15, 0.2) is 24.5 Å². The quantitative estimate of drug-likeness (QED) is 0.671. The van der Waals surface area contributed by atoms with Gasteiger partial charge < -0.3 is 4.90 Å². The summed E-state index contributed by atoms with van der Waals surface area (Å²) in [5.41, 5.74) is 1.25. The van der Waals surface area contributed by atoms with Crippen molar-refractivity contribution >= 4 is 5.91 Å². The van der Waals surface area contributed by atoms with Gasteiger partial charge >= 0.3 is 0 Å². The predicted molar refractivity (Wildman–Crippen MR) is 53.8 cm³/mol. The van der Waals surface area contributed by atoms with Crippen molar-refractivity contribution in [2.24, 2.45) is 0 Å². The number of aromatic nitrogens is 1. The number of pyridine rings is 1. The van der Waals surface area contributed by atoms with Crippen molar-refractivity contribution in [3.8, 4) is 0 Å². The van der Waals surface area contributed by atoms with E-state index in [0.717, 1.165) is 19.5 Å². The van der Waals surface area contributed by atoms with Gasteiger partial charge in [-0.25, -0.2) is 0 Å². The van der Waals surface area contributed by atoms with Crippen molar-refractivity contribution in [1.82, 2.24) is 9.88 Å². The van der Waals surface area contributed by atoms with Gasteiger partial charge in [0.05, 0.1) is 0 Å². The van der Waals surface area contributed by atoms with E-state index < -0.39 is 0 Å². The van der Waals surface area contributed by atoms with Crippen molar-refractivity contribution < 1.29 is 4.79 Å². The summed E-state index contributed by atoms with van der Waals surface area (Å²) in [4.78, 5) is 17.1. The Morgan fingerprint density at radius 3 is 3.07 bits per heavy atom. The standard InChI is InChI=1S/C11H14N2O/c1-9(14)13-6-4-11(8-13)10-3-2-5-12-7-10/h2-3,5,7,11H,4,6,8H2,1H3. The van der Waals surface area contributed by atoms with Gasteiger partial charge in [-0.3, -0.25) is 9.78 Å². The van der Waals surface area contributed by atoms with Crippen LogP contribution in [0.3, 0.4) is 0 Å². The average Bonchev–Trinajstić information content (AvgIpc) is 2.68. The van der Waals surface area contributed by atoms with E-state index in [0.29, 0.717) is 5.92 Å². The Morgan fingerprint density at radius 2 is 2.50 bits per heavy atom. The molecule has 0 saturated carbocycles. The maximum Gasteiger partial charge on any atom is 0.219 e. The van der Waals surface area contributed by atoms with E-state index in [-0.39, 0.29) is 5.91 Å². The second kappa shape index (κ2) is 3.78. The predicted octanol–water partition coefficient (Wildman–Crippen LogP) is 1.42. The molecule has 0 spiro atoms. The lowest BCUT2D eigenvalue weighted by molar-refractivity contribution is -0.127. The Bertz CT molecular complexity index is 323. The molecule has 2 rings (SSSR count). The lowest BCUT2D eigenvalue weighted by atomic mass is 10.0. The van der Waals surface area contributed by atoms with Crippen LogP contribution < -0.4 is 0 Å². The lowest BCUT2D eigenvalue weighted by Gasteiger charge is -2.13. The Balaban J connectivity index is 2.06. The number of hydrogen-bond donors (Lipinski definition) is 0. The van der Waals surface area contributed by atoms with Gasteiger partial charge in [0.2, 0.25) is 5.91 Å². The molecule has 0 aliphatic carbocycles. The van der Waals surface area contributed by atoms with Gasteiger partial charge in [0.1, 0.15) is 0 Å². The molecule has 1 fully saturated rings. The highest BCUT2D eigenvalue weighted by molar-refractivity contribution is 5.73. The minimum absolute atomic E-state index is 0.177. The Labute approximate surface area is 83.8 Å². The van der Waals surface area contributed by atoms with Crippen LogP contribution >= 0.6 is 0 Å². The molecule has 0 N–H and O–H groups in total. The van der Waals surface area contributed by atoms with E-state index in [2.05, 4.69) is 11.1 Å². The Hall–Kier alpha value is -1.38. The first-order valence-corrected chi connectivity index (χ1v) is 4.93. The maximum absolute atomic E-state index is 11.1. The second-order valence-corrected chi connectivity index (χ2v) is 3.74. The summed E-state index contributed by atoms with van der Waals surface area (Å²) in [6.07, 6.45) is 4.74. The molecule has 1 saturated heterocycles. The minimum Gasteiger partial charge on any atom is -0.342 e. The van der Waals surface area contributed by atoms with Gasteiger partial charge in [0.15, 0.2) is 0 Å². The van der Waals surface area contributed by atoms with Gasteiger partial charge in [-0.05, 0) is 18.1 Å². The normalized spacial score (nSPS) is 21.2. The largest absolute Gasteiger partial charge is 0.342 e. The highest BCUT2D eigenvalue weighted by atomic mass is 16.2. The number of likely N-dealkylation sites (tertiary alicyclic amines) is 1. The molecule has 14 heavy (non-hydrogen) atoms. The van der Waals surface area contributed by atoms with E-state index in [1.54, 1.807) is 13.1 Å². The van der Waals surface area contributed by atoms with Gasteiger partial charge in [-0.15, -0.1) is 0 Å². The molecule has 74 valence electrons. The monoisotopic (exact) mass is 190 g/mol. The van der Waals surface area contributed by atoms with E-state index in [4.69, 9.17) is 0 Å². The smallest absolute Gasteiger partial charge is 0.219 e. The fourth-order valence-corrected chi connectivity index (χ4v) is 1.94. The van der Waals surface area contributed by atoms with Crippen LogP contribution in [0.1, 0.15) is 24.8 Å². The zero-order valence-electron chi connectivity index (χ0n) is 8.31. The van der Waals surface area contributed by atoms with E-state index in [1.807, 2.05) is 17.2 Å². The third-order valence-electron chi connectivity index (χ3n) is 2.79. The Morgan fingerprint density at radius 1 is 1.64 bits per heavy atom. The van der Waals surface area contributed by atoms with Crippen LogP contribution in [0.4, 0.5) is 0 Å². The van der Waals surface area contributed by atoms with Crippen molar-refractivity contribution in [3.63, 3.8) is 0 Å². The molecular formula is C11H14N2O. The van der Waals surface area contributed by atoms with Gasteiger partial charge in [0.25, 0.3) is 0 Å². The number of nitrogens with zero attached hydrogens (tertiary/aromatic N) is 2. The third kappa shape index (κ3) is 1.76. The molecule has 1 unspecified atom stereocenters. The first-order valence-electron chi connectivity index (χ1n) is 4.93. The van der Waals surface area contributed by atoms with E-state index >= 15 is 0 Å². The lowest BCUT2D eigenvalue weighted by Crippen LogP contribution is -2.25. The summed E-state index contributed by atoms with van der Waals surface area (Å²) in [5.74, 6) is 0.656. The molecule has 3 nitrogen and oxygen atoms in total. The first kappa shape index (κ1) is 9.19. The van der Waals surface area contributed by atoms with Crippen molar-refractivity contribution in [2.45, 2.75) is 19.3 Å². The summed E-state index contributed by atoms with van der Waals surface area (Å²) in [6, 6.07) is 4.03. The number of rotatable bonds is 1. The fourth-order valence-electron chi connectivity index (χ4n) is 1.94. The summed E-state index contributed by atoms with van der Waals surface area (Å²) in [7, 11) is 0. The van der Waals surface area contributed by atoms with E-state index in [9.17, 15) is 4.79 Å². The first-order chi connectivity index (χ1) is 6.77. The highest BCUT2D eigenvalue weighted by Gasteiger charge is 2.25. The average molecular weight is 190 g/mol. The van der Waals surface area contributed by atoms with Crippen LogP contribution in [0.25, 0.3) is 0 Å². The summed E-state index contributed by atoms with van der Waals surface area (Å²) in [5, 5.41) is 0. The van der Waals surface area contributed by atoms with Crippen LogP contribution in [-0.4, -0.2) is 28.9 Å². The second-order valence-electron chi connectivity index (χ2n) is 3.74. The van der Waals surface area contributed by atoms with Gasteiger partial charge in [-0.2, -0.15) is 0 Å². The molecule has 1 aromatic heterocycles. The number of carbonyl (C=O) groups excluding carboxylic acids is 1. The van der Waals surface area contributed by atoms with Crippen molar-refractivity contribution in [1.29, 1.82) is 0 Å². The molecule has 3 heteroatoms. The molecule has 0 radical (unpaired) electrons. The molecule has 1 amide bonds. The van der Waals surface area contributed by atoms with Crippen molar-refractivity contribution in [3.05, 3.63) is 30.1 Å². The molecule has 1 aliphatic rings. The SMILES string of the molecule is CC(=O)N1CCC(c2cccnc2)C1. The molecule has 1 aromatic rings. The fraction of sp³-hybridized carbons (Fsp3) is 0.455. The van der Waals surface area contributed by atoms with Crippen LogP contribution in [-0.2, 0) is 4.79 Å². The van der Waals surface area contributed by atoms with Gasteiger partial charge in [0, 0.05) is 38.3 Å². The van der Waals surface area contributed by atoms with Crippen LogP contribution in [0.5, 0.6) is 0 Å². The molecular weight excluding hydrogens is 176 g/mol. The molecule has 2 heterocycles. The number of amides is 1.